The third-order valence-corrected chi connectivity index (χ3v) is 4.40. The van der Waals surface area contributed by atoms with E-state index >= 15 is 0 Å². The van der Waals surface area contributed by atoms with E-state index in [1.165, 1.54) is 45.1 Å². The van der Waals surface area contributed by atoms with Crippen molar-refractivity contribution in [3.05, 3.63) is 0 Å². The summed E-state index contributed by atoms with van der Waals surface area (Å²) in [6, 6.07) is 3.19. The highest BCUT2D eigenvalue weighted by Crippen LogP contribution is 2.27. The molecular weight excluding hydrogens is 220 g/mol. The van der Waals surface area contributed by atoms with E-state index in [1.807, 2.05) is 13.8 Å². The van der Waals surface area contributed by atoms with E-state index in [4.69, 9.17) is 5.26 Å². The van der Waals surface area contributed by atoms with Crippen molar-refractivity contribution in [2.45, 2.75) is 71.8 Å². The minimum atomic E-state index is -0.141. The van der Waals surface area contributed by atoms with E-state index in [9.17, 15) is 0 Å². The molecule has 1 rings (SSSR count). The molecular formula is C16H30N2. The lowest BCUT2D eigenvalue weighted by atomic mass is 9.86. The monoisotopic (exact) mass is 250 g/mol. The average molecular weight is 250 g/mol. The Morgan fingerprint density at radius 3 is 2.61 bits per heavy atom. The van der Waals surface area contributed by atoms with E-state index in [0.717, 1.165) is 18.4 Å². The van der Waals surface area contributed by atoms with Crippen LogP contribution < -0.4 is 0 Å². The van der Waals surface area contributed by atoms with Gasteiger partial charge in [0.15, 0.2) is 0 Å². The molecule has 2 atom stereocenters. The molecule has 0 aromatic rings. The average Bonchev–Trinajstić information content (AvgIpc) is 2.34. The van der Waals surface area contributed by atoms with Gasteiger partial charge < -0.3 is 4.90 Å². The van der Waals surface area contributed by atoms with Crippen LogP contribution in [-0.2, 0) is 0 Å². The fraction of sp³-hybridized carbons (Fsp3) is 0.938. The summed E-state index contributed by atoms with van der Waals surface area (Å²) < 4.78 is 0. The fourth-order valence-electron chi connectivity index (χ4n) is 2.97. The number of hydrogen-bond acceptors (Lipinski definition) is 2. The van der Waals surface area contributed by atoms with Crippen molar-refractivity contribution in [3.63, 3.8) is 0 Å². The molecule has 1 aliphatic carbocycles. The molecule has 0 aliphatic heterocycles. The number of nitriles is 1. The summed E-state index contributed by atoms with van der Waals surface area (Å²) in [5, 5.41) is 8.98. The van der Waals surface area contributed by atoms with Gasteiger partial charge in [0.2, 0.25) is 0 Å². The first-order valence-electron chi connectivity index (χ1n) is 7.56. The Bertz CT molecular complexity index is 277. The van der Waals surface area contributed by atoms with Crippen LogP contribution in [0.1, 0.15) is 65.7 Å². The first-order valence-corrected chi connectivity index (χ1v) is 7.56. The lowest BCUT2D eigenvalue weighted by molar-refractivity contribution is 0.160. The highest BCUT2D eigenvalue weighted by Gasteiger charge is 2.22. The Morgan fingerprint density at radius 1 is 1.28 bits per heavy atom. The summed E-state index contributed by atoms with van der Waals surface area (Å²) in [7, 11) is 2.28. The molecule has 0 heterocycles. The van der Waals surface area contributed by atoms with Crippen molar-refractivity contribution in [1.29, 1.82) is 5.26 Å². The molecule has 2 heteroatoms. The van der Waals surface area contributed by atoms with E-state index < -0.39 is 0 Å². The van der Waals surface area contributed by atoms with E-state index in [2.05, 4.69) is 24.9 Å². The minimum absolute atomic E-state index is 0.141. The maximum absolute atomic E-state index is 8.98. The molecule has 0 bridgehead atoms. The number of nitrogens with zero attached hydrogens (tertiary/aromatic N) is 2. The molecule has 0 aromatic heterocycles. The quantitative estimate of drug-likeness (QED) is 0.660. The van der Waals surface area contributed by atoms with Gasteiger partial charge in [-0.15, -0.1) is 0 Å². The van der Waals surface area contributed by atoms with E-state index in [-0.39, 0.29) is 5.41 Å². The zero-order chi connectivity index (χ0) is 13.6. The Labute approximate surface area is 113 Å². The van der Waals surface area contributed by atoms with Gasteiger partial charge in [0.25, 0.3) is 0 Å². The second-order valence-electron chi connectivity index (χ2n) is 6.86. The van der Waals surface area contributed by atoms with Crippen LogP contribution in [-0.4, -0.2) is 24.5 Å². The van der Waals surface area contributed by atoms with Gasteiger partial charge in [0, 0.05) is 6.04 Å². The Balaban J connectivity index is 2.17. The van der Waals surface area contributed by atoms with Gasteiger partial charge >= 0.3 is 0 Å². The van der Waals surface area contributed by atoms with Gasteiger partial charge in [-0.2, -0.15) is 5.26 Å². The van der Waals surface area contributed by atoms with Crippen molar-refractivity contribution in [2.24, 2.45) is 11.3 Å². The highest BCUT2D eigenvalue weighted by atomic mass is 15.1. The molecule has 0 radical (unpaired) electrons. The molecule has 0 aromatic carbocycles. The van der Waals surface area contributed by atoms with Crippen LogP contribution in [0.25, 0.3) is 0 Å². The largest absolute Gasteiger partial charge is 0.303 e. The van der Waals surface area contributed by atoms with Gasteiger partial charge in [0.1, 0.15) is 0 Å². The van der Waals surface area contributed by atoms with Crippen LogP contribution in [0, 0.1) is 22.7 Å². The number of hydrogen-bond donors (Lipinski definition) is 0. The predicted octanol–water partition coefficient (Wildman–Crippen LogP) is 4.22. The fourth-order valence-corrected chi connectivity index (χ4v) is 2.97. The molecule has 18 heavy (non-hydrogen) atoms. The van der Waals surface area contributed by atoms with Crippen molar-refractivity contribution in [2.75, 3.05) is 13.6 Å². The minimum Gasteiger partial charge on any atom is -0.303 e. The first-order chi connectivity index (χ1) is 8.44. The Morgan fingerprint density at radius 2 is 2.00 bits per heavy atom. The number of unbranched alkanes of at least 4 members (excludes halogenated alkanes) is 1. The second-order valence-corrected chi connectivity index (χ2v) is 6.86. The maximum atomic E-state index is 8.98. The third-order valence-electron chi connectivity index (χ3n) is 4.40. The molecule has 2 nitrogen and oxygen atoms in total. The molecule has 2 unspecified atom stereocenters. The second kappa shape index (κ2) is 7.14. The summed E-state index contributed by atoms with van der Waals surface area (Å²) in [6.07, 6.45) is 9.00. The standard InChI is InChI=1S/C16H30N2/c1-14-8-7-9-15(12-14)18(4)11-6-5-10-16(2,3)13-17/h14-15H,5-12H2,1-4H3. The smallest absolute Gasteiger partial charge is 0.0683 e. The summed E-state index contributed by atoms with van der Waals surface area (Å²) in [5.74, 6) is 0.906. The molecule has 1 saturated carbocycles. The summed E-state index contributed by atoms with van der Waals surface area (Å²) >= 11 is 0. The van der Waals surface area contributed by atoms with Crippen LogP contribution in [0.4, 0.5) is 0 Å². The molecule has 0 saturated heterocycles. The topological polar surface area (TPSA) is 27.0 Å². The van der Waals surface area contributed by atoms with Crippen molar-refractivity contribution >= 4 is 0 Å². The first kappa shape index (κ1) is 15.5. The van der Waals surface area contributed by atoms with Crippen LogP contribution in [0.15, 0.2) is 0 Å². The van der Waals surface area contributed by atoms with Crippen molar-refractivity contribution < 1.29 is 0 Å². The van der Waals surface area contributed by atoms with Gasteiger partial charge in [-0.25, -0.2) is 0 Å². The predicted molar refractivity (Wildman–Crippen MR) is 77.3 cm³/mol. The summed E-state index contributed by atoms with van der Waals surface area (Å²) in [5.41, 5.74) is -0.141. The maximum Gasteiger partial charge on any atom is 0.0683 e. The normalized spacial score (nSPS) is 25.1. The third kappa shape index (κ3) is 5.40. The summed E-state index contributed by atoms with van der Waals surface area (Å²) in [6.45, 7) is 7.66. The lowest BCUT2D eigenvalue weighted by Gasteiger charge is -2.34. The molecule has 0 amide bonds. The molecule has 104 valence electrons. The van der Waals surface area contributed by atoms with Gasteiger partial charge in [0.05, 0.1) is 11.5 Å². The SMILES string of the molecule is CC1CCCC(N(C)CCCCC(C)(C)C#N)C1. The zero-order valence-corrected chi connectivity index (χ0v) is 12.7. The van der Waals surface area contributed by atoms with E-state index in [1.54, 1.807) is 0 Å². The zero-order valence-electron chi connectivity index (χ0n) is 12.7. The van der Waals surface area contributed by atoms with Crippen LogP contribution >= 0.6 is 0 Å². The molecule has 0 N–H and O–H groups in total. The van der Waals surface area contributed by atoms with Crippen molar-refractivity contribution in [1.82, 2.24) is 4.90 Å². The Hall–Kier alpha value is -0.550. The molecule has 0 spiro atoms. The molecule has 1 fully saturated rings. The lowest BCUT2D eigenvalue weighted by Crippen LogP contribution is -2.36. The molecule has 1 aliphatic rings. The van der Waals surface area contributed by atoms with Crippen molar-refractivity contribution in [3.8, 4) is 6.07 Å². The van der Waals surface area contributed by atoms with Gasteiger partial charge in [-0.05, 0) is 59.0 Å². The van der Waals surface area contributed by atoms with Crippen LogP contribution in [0.2, 0.25) is 0 Å². The van der Waals surface area contributed by atoms with Gasteiger partial charge in [-0.3, -0.25) is 0 Å². The van der Waals surface area contributed by atoms with Crippen LogP contribution in [0.3, 0.4) is 0 Å². The van der Waals surface area contributed by atoms with Crippen LogP contribution in [0.5, 0.6) is 0 Å². The number of rotatable bonds is 6. The van der Waals surface area contributed by atoms with Gasteiger partial charge in [-0.1, -0.05) is 26.2 Å². The van der Waals surface area contributed by atoms with E-state index in [0.29, 0.717) is 0 Å². The highest BCUT2D eigenvalue weighted by molar-refractivity contribution is 4.91. The summed E-state index contributed by atoms with van der Waals surface area (Å²) in [4.78, 5) is 2.55. The Kier molecular flexibility index (Phi) is 6.15.